The third kappa shape index (κ3) is 5.08. The van der Waals surface area contributed by atoms with Gasteiger partial charge in [-0.25, -0.2) is 14.4 Å². The van der Waals surface area contributed by atoms with Gasteiger partial charge in [-0.05, 0) is 69.3 Å². The van der Waals surface area contributed by atoms with Crippen LogP contribution in [0, 0.1) is 0 Å². The van der Waals surface area contributed by atoms with Gasteiger partial charge in [-0.15, -0.1) is 0 Å². The molecule has 2 fully saturated rings. The van der Waals surface area contributed by atoms with Crippen LogP contribution >= 0.6 is 0 Å². The van der Waals surface area contributed by atoms with Crippen LogP contribution in [0.4, 0.5) is 15.3 Å². The zero-order valence-corrected chi connectivity index (χ0v) is 19.8. The lowest BCUT2D eigenvalue weighted by atomic mass is 10.2. The van der Waals surface area contributed by atoms with Crippen molar-refractivity contribution in [3.05, 3.63) is 54.1 Å². The number of rotatable bonds is 4. The second-order valence-corrected chi connectivity index (χ2v) is 9.28. The predicted molar refractivity (Wildman–Crippen MR) is 125 cm³/mol. The molecule has 2 aromatic carbocycles. The van der Waals surface area contributed by atoms with E-state index in [-0.39, 0.29) is 18.2 Å². The highest BCUT2D eigenvalue weighted by Gasteiger charge is 2.42. The molecule has 0 aromatic heterocycles. The summed E-state index contributed by atoms with van der Waals surface area (Å²) >= 11 is 0. The third-order valence-corrected chi connectivity index (χ3v) is 5.66. The lowest BCUT2D eigenvalue weighted by Crippen LogP contribution is -2.54. The number of carbonyl (C=O) groups is 3. The molecule has 180 valence electrons. The normalized spacial score (nSPS) is 17.9. The number of nitrogens with zero attached hydrogens (tertiary/aromatic N) is 3. The number of hydrogen-bond acceptors (Lipinski definition) is 6. The first kappa shape index (κ1) is 23.4. The van der Waals surface area contributed by atoms with Gasteiger partial charge in [0.1, 0.15) is 17.1 Å². The zero-order valence-electron chi connectivity index (χ0n) is 19.8. The molecule has 0 spiro atoms. The highest BCUT2D eigenvalue weighted by molar-refractivity contribution is 5.95. The molecule has 34 heavy (non-hydrogen) atoms. The number of amides is 3. The van der Waals surface area contributed by atoms with Gasteiger partial charge in [-0.1, -0.05) is 0 Å². The maximum absolute atomic E-state index is 13.0. The zero-order chi connectivity index (χ0) is 24.5. The van der Waals surface area contributed by atoms with Gasteiger partial charge in [-0.3, -0.25) is 4.90 Å². The van der Waals surface area contributed by atoms with Crippen molar-refractivity contribution < 1.29 is 28.6 Å². The van der Waals surface area contributed by atoms with Crippen LogP contribution in [0.15, 0.2) is 48.5 Å². The van der Waals surface area contributed by atoms with Gasteiger partial charge in [0.2, 0.25) is 0 Å². The predicted octanol–water partition coefficient (Wildman–Crippen LogP) is 4.13. The van der Waals surface area contributed by atoms with E-state index in [2.05, 4.69) is 0 Å². The molecule has 0 aliphatic carbocycles. The van der Waals surface area contributed by atoms with Crippen molar-refractivity contribution in [3.8, 4) is 11.5 Å². The van der Waals surface area contributed by atoms with Crippen LogP contribution < -0.4 is 9.64 Å². The lowest BCUT2D eigenvalue weighted by molar-refractivity contribution is 0.0128. The van der Waals surface area contributed by atoms with E-state index in [9.17, 15) is 14.4 Å². The molecule has 2 aromatic rings. The average molecular weight is 468 g/mol. The Morgan fingerprint density at radius 2 is 1.53 bits per heavy atom. The minimum absolute atomic E-state index is 0.0686. The lowest BCUT2D eigenvalue weighted by Gasteiger charge is -2.36. The van der Waals surface area contributed by atoms with Gasteiger partial charge in [0.25, 0.3) is 0 Å². The van der Waals surface area contributed by atoms with Gasteiger partial charge in [0, 0.05) is 31.9 Å². The minimum Gasteiger partial charge on any atom is -0.465 e. The van der Waals surface area contributed by atoms with Crippen molar-refractivity contribution >= 4 is 23.8 Å². The molecular weight excluding hydrogens is 438 g/mol. The largest absolute Gasteiger partial charge is 0.465 e. The number of carbonyl (C=O) groups excluding carboxylic acids is 3. The summed E-state index contributed by atoms with van der Waals surface area (Å²) in [7, 11) is 1.34. The molecular formula is C25H29N3O6. The van der Waals surface area contributed by atoms with E-state index in [1.807, 2.05) is 37.8 Å². The van der Waals surface area contributed by atoms with Crippen molar-refractivity contribution in [2.45, 2.75) is 32.4 Å². The van der Waals surface area contributed by atoms with Crippen LogP contribution in [0.2, 0.25) is 0 Å². The van der Waals surface area contributed by atoms with Crippen molar-refractivity contribution in [1.82, 2.24) is 9.80 Å². The standard InChI is InChI=1S/C25H29N3O6/c1-25(2,3)34-24(31)26-13-14-27-19(15-26)16-28(23(27)30)18-7-11-21(12-8-18)33-20-9-5-17(6-10-20)22(29)32-4/h5-12,19H,13-16H2,1-4H3/t19-/m0/s1. The first-order chi connectivity index (χ1) is 16.1. The Morgan fingerprint density at radius 3 is 2.12 bits per heavy atom. The monoisotopic (exact) mass is 467 g/mol. The van der Waals surface area contributed by atoms with Crippen LogP contribution in [0.25, 0.3) is 0 Å². The summed E-state index contributed by atoms with van der Waals surface area (Å²) in [6.07, 6.45) is -0.348. The summed E-state index contributed by atoms with van der Waals surface area (Å²) in [6, 6.07) is 13.8. The summed E-state index contributed by atoms with van der Waals surface area (Å²) in [6.45, 7) is 7.38. The SMILES string of the molecule is COC(=O)c1ccc(Oc2ccc(N3C[C@@H]4CN(C(=O)OC(C)(C)C)CCN4C3=O)cc2)cc1. The molecule has 3 amide bonds. The Bertz CT molecular complexity index is 1060. The highest BCUT2D eigenvalue weighted by Crippen LogP contribution is 2.30. The number of fused-ring (bicyclic) bond motifs is 1. The van der Waals surface area contributed by atoms with Crippen LogP contribution in [0.3, 0.4) is 0 Å². The van der Waals surface area contributed by atoms with E-state index in [0.29, 0.717) is 43.2 Å². The number of anilines is 1. The topological polar surface area (TPSA) is 88.6 Å². The fraction of sp³-hybridized carbons (Fsp3) is 0.400. The molecule has 0 radical (unpaired) electrons. The molecule has 2 saturated heterocycles. The quantitative estimate of drug-likeness (QED) is 0.629. The highest BCUT2D eigenvalue weighted by atomic mass is 16.6. The van der Waals surface area contributed by atoms with E-state index in [4.69, 9.17) is 14.2 Å². The smallest absolute Gasteiger partial charge is 0.410 e. The summed E-state index contributed by atoms with van der Waals surface area (Å²) in [5.74, 6) is 0.781. The van der Waals surface area contributed by atoms with Gasteiger partial charge < -0.3 is 24.0 Å². The Balaban J connectivity index is 1.38. The summed E-state index contributed by atoms with van der Waals surface area (Å²) < 4.78 is 16.0. The van der Waals surface area contributed by atoms with E-state index in [1.54, 1.807) is 46.2 Å². The number of benzene rings is 2. The van der Waals surface area contributed by atoms with Crippen molar-refractivity contribution in [2.24, 2.45) is 0 Å². The molecule has 9 nitrogen and oxygen atoms in total. The number of ether oxygens (including phenoxy) is 3. The van der Waals surface area contributed by atoms with Crippen LogP contribution in [-0.4, -0.2) is 72.8 Å². The van der Waals surface area contributed by atoms with Gasteiger partial charge in [0.05, 0.1) is 18.7 Å². The van der Waals surface area contributed by atoms with E-state index in [0.717, 1.165) is 5.69 Å². The van der Waals surface area contributed by atoms with E-state index < -0.39 is 11.6 Å². The van der Waals surface area contributed by atoms with Crippen LogP contribution in [-0.2, 0) is 9.47 Å². The van der Waals surface area contributed by atoms with Crippen molar-refractivity contribution in [3.63, 3.8) is 0 Å². The molecule has 2 heterocycles. The van der Waals surface area contributed by atoms with Crippen molar-refractivity contribution in [1.29, 1.82) is 0 Å². The minimum atomic E-state index is -0.557. The van der Waals surface area contributed by atoms with Gasteiger partial charge in [0.15, 0.2) is 0 Å². The molecule has 0 unspecified atom stereocenters. The first-order valence-electron chi connectivity index (χ1n) is 11.2. The van der Waals surface area contributed by atoms with Crippen LogP contribution in [0.5, 0.6) is 11.5 Å². The Labute approximate surface area is 198 Å². The molecule has 9 heteroatoms. The summed E-state index contributed by atoms with van der Waals surface area (Å²) in [4.78, 5) is 42.2. The molecule has 2 aliphatic heterocycles. The molecule has 0 saturated carbocycles. The second-order valence-electron chi connectivity index (χ2n) is 9.28. The Kier molecular flexibility index (Phi) is 6.37. The molecule has 1 atom stereocenters. The Hall–Kier alpha value is -3.75. The maximum atomic E-state index is 13.0. The number of urea groups is 1. The molecule has 4 rings (SSSR count). The van der Waals surface area contributed by atoms with Crippen LogP contribution in [0.1, 0.15) is 31.1 Å². The molecule has 2 aliphatic rings. The third-order valence-electron chi connectivity index (χ3n) is 5.66. The average Bonchev–Trinajstić information content (AvgIpc) is 3.14. The summed E-state index contributed by atoms with van der Waals surface area (Å²) in [5, 5.41) is 0. The molecule has 0 N–H and O–H groups in total. The summed E-state index contributed by atoms with van der Waals surface area (Å²) in [5.41, 5.74) is 0.648. The van der Waals surface area contributed by atoms with Crippen molar-refractivity contribution in [2.75, 3.05) is 38.2 Å². The van der Waals surface area contributed by atoms with E-state index in [1.165, 1.54) is 7.11 Å². The number of hydrogen-bond donors (Lipinski definition) is 0. The number of piperazine rings is 1. The Morgan fingerprint density at radius 1 is 0.912 bits per heavy atom. The molecule has 0 bridgehead atoms. The number of esters is 1. The first-order valence-corrected chi connectivity index (χ1v) is 11.2. The number of methoxy groups -OCH3 is 1. The maximum Gasteiger partial charge on any atom is 0.410 e. The van der Waals surface area contributed by atoms with Gasteiger partial charge >= 0.3 is 18.1 Å². The fourth-order valence-electron chi connectivity index (χ4n) is 4.02. The van der Waals surface area contributed by atoms with Gasteiger partial charge in [-0.2, -0.15) is 0 Å². The second kappa shape index (κ2) is 9.24. The van der Waals surface area contributed by atoms with E-state index >= 15 is 0 Å². The fourth-order valence-corrected chi connectivity index (χ4v) is 4.02.